The lowest BCUT2D eigenvalue weighted by molar-refractivity contribution is -0.134. The van der Waals surface area contributed by atoms with Gasteiger partial charge in [-0.2, -0.15) is 0 Å². The van der Waals surface area contributed by atoms with Gasteiger partial charge < -0.3 is 14.4 Å². The quantitative estimate of drug-likeness (QED) is 0.855. The van der Waals surface area contributed by atoms with Gasteiger partial charge in [-0.1, -0.05) is 6.07 Å². The van der Waals surface area contributed by atoms with Crippen LogP contribution < -0.4 is 0 Å². The number of nitrogens with zero attached hydrogens (tertiary/aromatic N) is 2. The van der Waals surface area contributed by atoms with Crippen molar-refractivity contribution in [1.29, 1.82) is 0 Å². The van der Waals surface area contributed by atoms with Crippen molar-refractivity contribution in [3.8, 4) is 0 Å². The van der Waals surface area contributed by atoms with Gasteiger partial charge >= 0.3 is 0 Å². The van der Waals surface area contributed by atoms with E-state index in [9.17, 15) is 4.79 Å². The van der Waals surface area contributed by atoms with Crippen LogP contribution in [0.4, 0.5) is 0 Å². The van der Waals surface area contributed by atoms with Crippen LogP contribution in [0.2, 0.25) is 0 Å². The summed E-state index contributed by atoms with van der Waals surface area (Å²) >= 11 is 0. The van der Waals surface area contributed by atoms with E-state index in [1.54, 1.807) is 7.11 Å². The van der Waals surface area contributed by atoms with Gasteiger partial charge in [0.25, 0.3) is 0 Å². The molecule has 1 saturated heterocycles. The highest BCUT2D eigenvalue weighted by molar-refractivity contribution is 5.77. The molecule has 2 heterocycles. The molecule has 5 nitrogen and oxygen atoms in total. The van der Waals surface area contributed by atoms with Crippen LogP contribution in [0, 0.1) is 0 Å². The predicted octanol–water partition coefficient (Wildman–Crippen LogP) is 2.42. The second kappa shape index (κ2) is 7.41. The summed E-state index contributed by atoms with van der Waals surface area (Å²) < 4.78 is 10.9. The molecule has 3 rings (SSSR count). The molecule has 126 valence electrons. The number of methoxy groups -OCH3 is 1. The summed E-state index contributed by atoms with van der Waals surface area (Å²) in [6.45, 7) is 4.22. The lowest BCUT2D eigenvalue weighted by Gasteiger charge is -2.25. The SMILES string of the molecule is COC(C)c1nc2c(cc1CN1CCCOCC1=O)CCCC2. The molecule has 0 aromatic carbocycles. The van der Waals surface area contributed by atoms with Crippen LogP contribution in [0.1, 0.15) is 54.8 Å². The second-order valence-electron chi connectivity index (χ2n) is 6.45. The maximum atomic E-state index is 12.2. The third kappa shape index (κ3) is 3.72. The Morgan fingerprint density at radius 3 is 3.00 bits per heavy atom. The number of pyridine rings is 1. The minimum atomic E-state index is -0.0597. The van der Waals surface area contributed by atoms with Crippen molar-refractivity contribution in [1.82, 2.24) is 9.88 Å². The summed E-state index contributed by atoms with van der Waals surface area (Å²) in [5, 5.41) is 0. The summed E-state index contributed by atoms with van der Waals surface area (Å²) in [5.41, 5.74) is 4.66. The van der Waals surface area contributed by atoms with Crippen LogP contribution >= 0.6 is 0 Å². The van der Waals surface area contributed by atoms with Crippen molar-refractivity contribution < 1.29 is 14.3 Å². The molecular weight excluding hydrogens is 292 g/mol. The zero-order valence-corrected chi connectivity index (χ0v) is 14.1. The second-order valence-corrected chi connectivity index (χ2v) is 6.45. The molecule has 1 aliphatic heterocycles. The lowest BCUT2D eigenvalue weighted by Crippen LogP contribution is -2.33. The average molecular weight is 318 g/mol. The van der Waals surface area contributed by atoms with Gasteiger partial charge in [-0.05, 0) is 50.2 Å². The number of amides is 1. The maximum absolute atomic E-state index is 12.2. The van der Waals surface area contributed by atoms with E-state index in [-0.39, 0.29) is 18.6 Å². The van der Waals surface area contributed by atoms with Crippen molar-refractivity contribution in [3.05, 3.63) is 28.6 Å². The van der Waals surface area contributed by atoms with Crippen molar-refractivity contribution >= 4 is 5.91 Å². The summed E-state index contributed by atoms with van der Waals surface area (Å²) in [6.07, 6.45) is 5.41. The third-order valence-corrected chi connectivity index (χ3v) is 4.81. The molecule has 2 aliphatic rings. The first-order valence-electron chi connectivity index (χ1n) is 8.59. The highest BCUT2D eigenvalue weighted by Crippen LogP contribution is 2.27. The van der Waals surface area contributed by atoms with E-state index in [4.69, 9.17) is 14.5 Å². The largest absolute Gasteiger partial charge is 0.375 e. The fourth-order valence-electron chi connectivity index (χ4n) is 3.39. The van der Waals surface area contributed by atoms with Gasteiger partial charge in [-0.3, -0.25) is 9.78 Å². The number of fused-ring (bicyclic) bond motifs is 1. The van der Waals surface area contributed by atoms with Gasteiger partial charge in [-0.15, -0.1) is 0 Å². The topological polar surface area (TPSA) is 51.7 Å². The van der Waals surface area contributed by atoms with Gasteiger partial charge in [0, 0.05) is 32.5 Å². The van der Waals surface area contributed by atoms with E-state index in [2.05, 4.69) is 6.07 Å². The molecule has 1 amide bonds. The Hall–Kier alpha value is -1.46. The lowest BCUT2D eigenvalue weighted by atomic mass is 9.93. The maximum Gasteiger partial charge on any atom is 0.248 e. The molecule has 1 unspecified atom stereocenters. The molecule has 0 saturated carbocycles. The van der Waals surface area contributed by atoms with Crippen LogP contribution in [-0.4, -0.2) is 42.7 Å². The number of rotatable bonds is 4. The number of aryl methyl sites for hydroxylation is 2. The Bertz CT molecular complexity index is 574. The van der Waals surface area contributed by atoms with Crippen LogP contribution in [0.5, 0.6) is 0 Å². The smallest absolute Gasteiger partial charge is 0.248 e. The zero-order chi connectivity index (χ0) is 16.2. The highest BCUT2D eigenvalue weighted by Gasteiger charge is 2.23. The van der Waals surface area contributed by atoms with Gasteiger partial charge in [0.05, 0.1) is 11.8 Å². The van der Waals surface area contributed by atoms with Crippen molar-refractivity contribution in [2.45, 2.75) is 51.7 Å². The Kier molecular flexibility index (Phi) is 5.28. The minimum Gasteiger partial charge on any atom is -0.375 e. The van der Waals surface area contributed by atoms with E-state index in [0.717, 1.165) is 37.1 Å². The highest BCUT2D eigenvalue weighted by atomic mass is 16.5. The van der Waals surface area contributed by atoms with Crippen molar-refractivity contribution in [2.75, 3.05) is 26.9 Å². The van der Waals surface area contributed by atoms with Crippen LogP contribution in [-0.2, 0) is 33.7 Å². The molecule has 0 spiro atoms. The zero-order valence-electron chi connectivity index (χ0n) is 14.1. The van der Waals surface area contributed by atoms with E-state index in [0.29, 0.717) is 13.2 Å². The molecule has 0 bridgehead atoms. The molecular formula is C18H26N2O3. The number of carbonyl (C=O) groups is 1. The minimum absolute atomic E-state index is 0.0597. The van der Waals surface area contributed by atoms with Crippen LogP contribution in [0.3, 0.4) is 0 Å². The van der Waals surface area contributed by atoms with E-state index < -0.39 is 0 Å². The van der Waals surface area contributed by atoms with E-state index >= 15 is 0 Å². The summed E-state index contributed by atoms with van der Waals surface area (Å²) in [6, 6.07) is 2.26. The molecule has 0 radical (unpaired) electrons. The number of carbonyl (C=O) groups excluding carboxylic acids is 1. The van der Waals surface area contributed by atoms with Crippen molar-refractivity contribution in [2.24, 2.45) is 0 Å². The molecule has 1 aromatic heterocycles. The molecule has 1 fully saturated rings. The standard InChI is InChI=1S/C18H26N2O3/c1-13(22-2)18-15(10-14-6-3-4-7-16(14)19-18)11-20-8-5-9-23-12-17(20)21/h10,13H,3-9,11-12H2,1-2H3. The Morgan fingerprint density at radius 1 is 1.35 bits per heavy atom. The van der Waals surface area contributed by atoms with Gasteiger partial charge in [-0.25, -0.2) is 0 Å². The Morgan fingerprint density at radius 2 is 2.17 bits per heavy atom. The van der Waals surface area contributed by atoms with Gasteiger partial charge in [0.15, 0.2) is 0 Å². The monoisotopic (exact) mass is 318 g/mol. The number of aromatic nitrogens is 1. The predicted molar refractivity (Wildman–Crippen MR) is 87.2 cm³/mol. The molecule has 23 heavy (non-hydrogen) atoms. The molecule has 1 aliphatic carbocycles. The van der Waals surface area contributed by atoms with Crippen LogP contribution in [0.25, 0.3) is 0 Å². The Balaban J connectivity index is 1.90. The molecule has 5 heteroatoms. The number of hydrogen-bond donors (Lipinski definition) is 0. The first-order valence-corrected chi connectivity index (χ1v) is 8.59. The fraction of sp³-hybridized carbons (Fsp3) is 0.667. The first-order chi connectivity index (χ1) is 11.2. The first kappa shape index (κ1) is 16.4. The van der Waals surface area contributed by atoms with Gasteiger partial charge in [0.1, 0.15) is 6.61 Å². The van der Waals surface area contributed by atoms with E-state index in [1.807, 2.05) is 11.8 Å². The normalized spacial score (nSPS) is 20.1. The van der Waals surface area contributed by atoms with Crippen molar-refractivity contribution in [3.63, 3.8) is 0 Å². The average Bonchev–Trinajstić information content (AvgIpc) is 2.78. The summed E-state index contributed by atoms with van der Waals surface area (Å²) in [7, 11) is 1.71. The third-order valence-electron chi connectivity index (χ3n) is 4.81. The molecule has 1 aromatic rings. The summed E-state index contributed by atoms with van der Waals surface area (Å²) in [5.74, 6) is 0.0660. The Labute approximate surface area is 138 Å². The summed E-state index contributed by atoms with van der Waals surface area (Å²) in [4.78, 5) is 19.0. The number of hydrogen-bond acceptors (Lipinski definition) is 4. The van der Waals surface area contributed by atoms with Gasteiger partial charge in [0.2, 0.25) is 5.91 Å². The van der Waals surface area contributed by atoms with E-state index in [1.165, 1.54) is 24.1 Å². The fourth-order valence-corrected chi connectivity index (χ4v) is 3.39. The molecule has 0 N–H and O–H groups in total. The molecule has 1 atom stereocenters. The van der Waals surface area contributed by atoms with Crippen LogP contribution in [0.15, 0.2) is 6.07 Å². The number of ether oxygens (including phenoxy) is 2.